The average Bonchev–Trinajstić information content (AvgIpc) is 3.21. The van der Waals surface area contributed by atoms with E-state index in [2.05, 4.69) is 10.3 Å². The highest BCUT2D eigenvalue weighted by Gasteiger charge is 2.49. The van der Waals surface area contributed by atoms with Gasteiger partial charge in [0, 0.05) is 24.7 Å². The SMILES string of the molecule is COc1ccc2c(c1OC)C(=O)N1c3ccccc3C(=O)N(CCCC(=O)NCc3ccccn3)[C@H]21. The summed E-state index contributed by atoms with van der Waals surface area (Å²) in [5.41, 5.74) is 2.82. The Bertz CT molecular complexity index is 1330. The molecule has 2 aliphatic rings. The van der Waals surface area contributed by atoms with Crippen LogP contribution >= 0.6 is 0 Å². The molecule has 36 heavy (non-hydrogen) atoms. The number of carbonyl (C=O) groups excluding carboxylic acids is 3. The molecule has 0 radical (unpaired) electrons. The van der Waals surface area contributed by atoms with E-state index < -0.39 is 6.17 Å². The predicted molar refractivity (Wildman–Crippen MR) is 132 cm³/mol. The first-order valence-corrected chi connectivity index (χ1v) is 11.7. The summed E-state index contributed by atoms with van der Waals surface area (Å²) in [5, 5.41) is 2.86. The number of hydrogen-bond acceptors (Lipinski definition) is 6. The molecule has 0 aliphatic carbocycles. The molecule has 9 nitrogen and oxygen atoms in total. The number of anilines is 1. The van der Waals surface area contributed by atoms with Crippen LogP contribution in [0.4, 0.5) is 5.69 Å². The molecule has 3 amide bonds. The molecule has 1 aromatic heterocycles. The van der Waals surface area contributed by atoms with E-state index >= 15 is 0 Å². The Hall–Kier alpha value is -4.40. The van der Waals surface area contributed by atoms with Gasteiger partial charge in [-0.05, 0) is 36.8 Å². The zero-order valence-corrected chi connectivity index (χ0v) is 20.1. The van der Waals surface area contributed by atoms with Gasteiger partial charge in [-0.25, -0.2) is 0 Å². The molecule has 2 aromatic carbocycles. The largest absolute Gasteiger partial charge is 0.493 e. The Kier molecular flexibility index (Phi) is 6.28. The molecule has 0 bridgehead atoms. The summed E-state index contributed by atoms with van der Waals surface area (Å²) in [6, 6.07) is 16.1. The van der Waals surface area contributed by atoms with Crippen molar-refractivity contribution in [3.05, 3.63) is 83.2 Å². The summed E-state index contributed by atoms with van der Waals surface area (Å²) in [5.74, 6) is 0.213. The summed E-state index contributed by atoms with van der Waals surface area (Å²) in [6.45, 7) is 0.641. The molecule has 5 rings (SSSR count). The first kappa shape index (κ1) is 23.3. The van der Waals surface area contributed by atoms with Crippen LogP contribution in [0.5, 0.6) is 11.5 Å². The highest BCUT2D eigenvalue weighted by atomic mass is 16.5. The van der Waals surface area contributed by atoms with Gasteiger partial charge in [-0.1, -0.05) is 24.3 Å². The van der Waals surface area contributed by atoms with Gasteiger partial charge in [-0.3, -0.25) is 24.3 Å². The zero-order chi connectivity index (χ0) is 25.2. The zero-order valence-electron chi connectivity index (χ0n) is 20.1. The number of ether oxygens (including phenoxy) is 2. The highest BCUT2D eigenvalue weighted by molar-refractivity contribution is 6.18. The van der Waals surface area contributed by atoms with Crippen LogP contribution in [0.1, 0.15) is 51.0 Å². The lowest BCUT2D eigenvalue weighted by molar-refractivity contribution is -0.121. The number of amides is 3. The van der Waals surface area contributed by atoms with Crippen LogP contribution in [-0.2, 0) is 11.3 Å². The van der Waals surface area contributed by atoms with Gasteiger partial charge < -0.3 is 19.7 Å². The normalized spacial score (nSPS) is 15.8. The summed E-state index contributed by atoms with van der Waals surface area (Å²) in [4.78, 5) is 47.2. The quantitative estimate of drug-likeness (QED) is 0.524. The molecule has 0 spiro atoms. The fourth-order valence-corrected chi connectivity index (χ4v) is 4.84. The molecule has 1 N–H and O–H groups in total. The van der Waals surface area contributed by atoms with E-state index in [1.54, 1.807) is 52.4 Å². The minimum Gasteiger partial charge on any atom is -0.493 e. The van der Waals surface area contributed by atoms with Crippen molar-refractivity contribution < 1.29 is 23.9 Å². The highest BCUT2D eigenvalue weighted by Crippen LogP contribution is 2.49. The van der Waals surface area contributed by atoms with Gasteiger partial charge in [0.1, 0.15) is 6.17 Å². The van der Waals surface area contributed by atoms with Crippen LogP contribution in [0.3, 0.4) is 0 Å². The molecular weight excluding hydrogens is 460 g/mol. The Morgan fingerprint density at radius 2 is 1.81 bits per heavy atom. The minimum absolute atomic E-state index is 0.128. The molecular formula is C27H26N4O5. The van der Waals surface area contributed by atoms with E-state index in [1.165, 1.54) is 14.2 Å². The predicted octanol–water partition coefficient (Wildman–Crippen LogP) is 3.31. The Morgan fingerprint density at radius 1 is 1.00 bits per heavy atom. The molecule has 2 aliphatic heterocycles. The van der Waals surface area contributed by atoms with Crippen molar-refractivity contribution in [2.24, 2.45) is 0 Å². The Labute approximate surface area is 208 Å². The number of para-hydroxylation sites is 1. The summed E-state index contributed by atoms with van der Waals surface area (Å²) in [6.07, 6.45) is 1.71. The average molecular weight is 487 g/mol. The molecule has 0 saturated heterocycles. The van der Waals surface area contributed by atoms with Gasteiger partial charge >= 0.3 is 0 Å². The van der Waals surface area contributed by atoms with Crippen LogP contribution in [0.15, 0.2) is 60.8 Å². The number of carbonyl (C=O) groups is 3. The molecule has 0 saturated carbocycles. The molecule has 9 heteroatoms. The van der Waals surface area contributed by atoms with Crippen molar-refractivity contribution in [3.8, 4) is 11.5 Å². The van der Waals surface area contributed by atoms with Crippen LogP contribution in [0.2, 0.25) is 0 Å². The Balaban J connectivity index is 1.40. The number of nitrogens with zero attached hydrogens (tertiary/aromatic N) is 3. The summed E-state index contributed by atoms with van der Waals surface area (Å²) < 4.78 is 10.9. The second-order valence-electron chi connectivity index (χ2n) is 8.53. The minimum atomic E-state index is -0.633. The Morgan fingerprint density at radius 3 is 2.56 bits per heavy atom. The van der Waals surface area contributed by atoms with Gasteiger partial charge in [-0.2, -0.15) is 0 Å². The molecule has 0 fully saturated rings. The number of benzene rings is 2. The van der Waals surface area contributed by atoms with Crippen molar-refractivity contribution in [3.63, 3.8) is 0 Å². The van der Waals surface area contributed by atoms with Gasteiger partial charge in [0.05, 0.1) is 43.3 Å². The van der Waals surface area contributed by atoms with E-state index in [1.807, 2.05) is 18.2 Å². The first-order chi connectivity index (χ1) is 17.5. The van der Waals surface area contributed by atoms with E-state index in [-0.39, 0.29) is 24.1 Å². The van der Waals surface area contributed by atoms with Gasteiger partial charge in [0.15, 0.2) is 11.5 Å². The third kappa shape index (κ3) is 3.92. The van der Waals surface area contributed by atoms with E-state index in [4.69, 9.17) is 9.47 Å². The molecule has 1 atom stereocenters. The lowest BCUT2D eigenvalue weighted by Crippen LogP contribution is -2.48. The first-order valence-electron chi connectivity index (χ1n) is 11.7. The van der Waals surface area contributed by atoms with Crippen molar-refractivity contribution in [2.45, 2.75) is 25.6 Å². The fraction of sp³-hybridized carbons (Fsp3) is 0.259. The second kappa shape index (κ2) is 9.69. The van der Waals surface area contributed by atoms with Gasteiger partial charge in [0.2, 0.25) is 5.91 Å². The summed E-state index contributed by atoms with van der Waals surface area (Å²) in [7, 11) is 3.00. The molecule has 3 heterocycles. The van der Waals surface area contributed by atoms with Gasteiger partial charge in [0.25, 0.3) is 11.8 Å². The molecule has 3 aromatic rings. The molecule has 0 unspecified atom stereocenters. The van der Waals surface area contributed by atoms with E-state index in [0.717, 1.165) is 5.69 Å². The standard InChI is InChI=1S/C27H26N4O5/c1-35-21-13-12-19-23(24(21)36-2)27(34)31-20-10-4-3-9-18(20)26(33)30(25(19)31)15-7-11-22(32)29-16-17-8-5-6-14-28-17/h3-6,8-10,12-14,25H,7,11,15-16H2,1-2H3,(H,29,32)/t25-/m0/s1. The number of rotatable bonds is 8. The van der Waals surface area contributed by atoms with E-state index in [0.29, 0.717) is 53.4 Å². The maximum Gasteiger partial charge on any atom is 0.264 e. The van der Waals surface area contributed by atoms with Crippen molar-refractivity contribution >= 4 is 23.4 Å². The molecule has 184 valence electrons. The monoisotopic (exact) mass is 486 g/mol. The lowest BCUT2D eigenvalue weighted by Gasteiger charge is -2.41. The van der Waals surface area contributed by atoms with Crippen molar-refractivity contribution in [1.29, 1.82) is 0 Å². The summed E-state index contributed by atoms with van der Waals surface area (Å²) >= 11 is 0. The third-order valence-corrected chi connectivity index (χ3v) is 6.48. The maximum atomic E-state index is 13.7. The second-order valence-corrected chi connectivity index (χ2v) is 8.53. The fourth-order valence-electron chi connectivity index (χ4n) is 4.84. The topological polar surface area (TPSA) is 101 Å². The van der Waals surface area contributed by atoms with Crippen molar-refractivity contribution in [1.82, 2.24) is 15.2 Å². The van der Waals surface area contributed by atoms with Crippen LogP contribution < -0.4 is 19.7 Å². The van der Waals surface area contributed by atoms with Crippen LogP contribution in [0.25, 0.3) is 0 Å². The number of methoxy groups -OCH3 is 2. The number of hydrogen-bond donors (Lipinski definition) is 1. The maximum absolute atomic E-state index is 13.7. The van der Waals surface area contributed by atoms with Crippen LogP contribution in [0, 0.1) is 0 Å². The lowest BCUT2D eigenvalue weighted by atomic mass is 10.0. The number of fused-ring (bicyclic) bond motifs is 5. The number of aromatic nitrogens is 1. The number of pyridine rings is 1. The van der Waals surface area contributed by atoms with Crippen molar-refractivity contribution in [2.75, 3.05) is 25.7 Å². The van der Waals surface area contributed by atoms with Crippen LogP contribution in [-0.4, -0.2) is 48.4 Å². The van der Waals surface area contributed by atoms with Gasteiger partial charge in [-0.15, -0.1) is 0 Å². The smallest absolute Gasteiger partial charge is 0.264 e. The third-order valence-electron chi connectivity index (χ3n) is 6.48. The number of nitrogens with one attached hydrogen (secondary N) is 1. The van der Waals surface area contributed by atoms with E-state index in [9.17, 15) is 14.4 Å².